The van der Waals surface area contributed by atoms with Crippen LogP contribution in [0.2, 0.25) is 0 Å². The maximum atomic E-state index is 8.67. The summed E-state index contributed by atoms with van der Waals surface area (Å²) < 4.78 is 16.0. The Morgan fingerprint density at radius 2 is 1.25 bits per heavy atom. The maximum Gasteiger partial charge on any atom is 0.0593 e. The van der Waals surface area contributed by atoms with Gasteiger partial charge in [0.1, 0.15) is 0 Å². The number of ether oxygens (including phenoxy) is 3. The molecule has 0 aromatic carbocycles. The number of hydrogen-bond donors (Lipinski definition) is 2. The third-order valence-corrected chi connectivity index (χ3v) is 2.82. The normalized spacial score (nSPS) is 11.4. The van der Waals surface area contributed by atoms with Crippen LogP contribution < -0.4 is 0 Å². The van der Waals surface area contributed by atoms with E-state index in [1.54, 1.807) is 7.11 Å². The Bertz CT molecular complexity index is 169. The largest absolute Gasteiger partial charge is 0.396 e. The van der Waals surface area contributed by atoms with Crippen molar-refractivity contribution in [3.05, 3.63) is 0 Å². The molecule has 0 bridgehead atoms. The molecule has 0 aromatic rings. The first-order valence-corrected chi connectivity index (χ1v) is 7.43. The first kappa shape index (κ1) is 19.8. The van der Waals surface area contributed by atoms with Crippen LogP contribution in [0.15, 0.2) is 0 Å². The van der Waals surface area contributed by atoms with Gasteiger partial charge in [-0.2, -0.15) is 0 Å². The minimum absolute atomic E-state index is 0.177. The van der Waals surface area contributed by atoms with Crippen molar-refractivity contribution < 1.29 is 24.4 Å². The van der Waals surface area contributed by atoms with Crippen LogP contribution in [-0.4, -0.2) is 88.1 Å². The zero-order valence-electron chi connectivity index (χ0n) is 12.8. The van der Waals surface area contributed by atoms with E-state index in [9.17, 15) is 0 Å². The van der Waals surface area contributed by atoms with Crippen molar-refractivity contribution in [3.8, 4) is 0 Å². The second-order valence-electron chi connectivity index (χ2n) is 4.57. The van der Waals surface area contributed by atoms with Crippen molar-refractivity contribution in [2.75, 3.05) is 73.0 Å². The van der Waals surface area contributed by atoms with Gasteiger partial charge in [0.15, 0.2) is 0 Å². The molecule has 0 radical (unpaired) electrons. The molecular weight excluding hydrogens is 262 g/mol. The van der Waals surface area contributed by atoms with E-state index >= 15 is 0 Å². The van der Waals surface area contributed by atoms with Gasteiger partial charge in [0.05, 0.1) is 13.2 Å². The number of rotatable bonds is 16. The highest BCUT2D eigenvalue weighted by molar-refractivity contribution is 4.57. The fourth-order valence-electron chi connectivity index (χ4n) is 1.69. The lowest BCUT2D eigenvalue weighted by Crippen LogP contribution is -2.32. The lowest BCUT2D eigenvalue weighted by Gasteiger charge is -2.22. The highest BCUT2D eigenvalue weighted by atomic mass is 16.5. The summed E-state index contributed by atoms with van der Waals surface area (Å²) in [5.74, 6) is 0. The van der Waals surface area contributed by atoms with Gasteiger partial charge < -0.3 is 24.4 Å². The predicted molar refractivity (Wildman–Crippen MR) is 78.0 cm³/mol. The molecule has 0 aliphatic heterocycles. The Morgan fingerprint density at radius 3 is 1.70 bits per heavy atom. The Hall–Kier alpha value is -0.240. The molecule has 6 nitrogen and oxygen atoms in total. The molecule has 0 saturated heterocycles. The molecule has 0 spiro atoms. The van der Waals surface area contributed by atoms with E-state index in [2.05, 4.69) is 4.90 Å². The molecule has 0 saturated carbocycles. The van der Waals surface area contributed by atoms with Crippen LogP contribution in [0.5, 0.6) is 0 Å². The van der Waals surface area contributed by atoms with Crippen molar-refractivity contribution >= 4 is 0 Å². The van der Waals surface area contributed by atoms with Crippen LogP contribution in [-0.2, 0) is 14.2 Å². The summed E-state index contributed by atoms with van der Waals surface area (Å²) in [4.78, 5) is 2.29. The highest BCUT2D eigenvalue weighted by Crippen LogP contribution is 1.95. The summed E-state index contributed by atoms with van der Waals surface area (Å²) in [5.41, 5.74) is 0. The lowest BCUT2D eigenvalue weighted by molar-refractivity contribution is 0.0620. The summed E-state index contributed by atoms with van der Waals surface area (Å²) >= 11 is 0. The van der Waals surface area contributed by atoms with Crippen LogP contribution in [0.4, 0.5) is 0 Å². The summed E-state index contributed by atoms with van der Waals surface area (Å²) in [6, 6.07) is 0. The smallest absolute Gasteiger partial charge is 0.0593 e. The summed E-state index contributed by atoms with van der Waals surface area (Å²) in [5, 5.41) is 17.3. The zero-order chi connectivity index (χ0) is 14.9. The van der Waals surface area contributed by atoms with Crippen molar-refractivity contribution in [1.82, 2.24) is 4.90 Å². The molecule has 0 amide bonds. The monoisotopic (exact) mass is 293 g/mol. The molecule has 0 rings (SSSR count). The molecule has 20 heavy (non-hydrogen) atoms. The molecule has 0 heterocycles. The first-order valence-electron chi connectivity index (χ1n) is 7.43. The average Bonchev–Trinajstić information content (AvgIpc) is 2.46. The van der Waals surface area contributed by atoms with Crippen LogP contribution in [0.3, 0.4) is 0 Å². The zero-order valence-corrected chi connectivity index (χ0v) is 12.8. The van der Waals surface area contributed by atoms with Crippen molar-refractivity contribution in [1.29, 1.82) is 0 Å². The fraction of sp³-hybridized carbons (Fsp3) is 1.00. The SMILES string of the molecule is COCCCN(CCOCCCO)CCOCCCO. The molecule has 0 fully saturated rings. The van der Waals surface area contributed by atoms with Crippen LogP contribution >= 0.6 is 0 Å². The van der Waals surface area contributed by atoms with Gasteiger partial charge in [0.25, 0.3) is 0 Å². The van der Waals surface area contributed by atoms with Gasteiger partial charge in [-0.05, 0) is 19.3 Å². The van der Waals surface area contributed by atoms with E-state index in [1.807, 2.05) is 0 Å². The molecule has 0 aromatic heterocycles. The quantitative estimate of drug-likeness (QED) is 0.394. The highest BCUT2D eigenvalue weighted by Gasteiger charge is 2.04. The Balaban J connectivity index is 3.64. The van der Waals surface area contributed by atoms with E-state index in [-0.39, 0.29) is 13.2 Å². The number of aliphatic hydroxyl groups is 2. The van der Waals surface area contributed by atoms with Crippen LogP contribution in [0, 0.1) is 0 Å². The number of hydrogen-bond acceptors (Lipinski definition) is 6. The van der Waals surface area contributed by atoms with Gasteiger partial charge in [-0.1, -0.05) is 0 Å². The summed E-state index contributed by atoms with van der Waals surface area (Å²) in [6.45, 7) is 6.34. The van der Waals surface area contributed by atoms with E-state index in [0.29, 0.717) is 39.3 Å². The van der Waals surface area contributed by atoms with Gasteiger partial charge in [-0.3, -0.25) is 4.90 Å². The van der Waals surface area contributed by atoms with Gasteiger partial charge in [-0.15, -0.1) is 0 Å². The van der Waals surface area contributed by atoms with Crippen molar-refractivity contribution in [3.63, 3.8) is 0 Å². The molecule has 0 atom stereocenters. The van der Waals surface area contributed by atoms with Crippen molar-refractivity contribution in [2.45, 2.75) is 19.3 Å². The minimum Gasteiger partial charge on any atom is -0.396 e. The Labute approximate surface area is 122 Å². The lowest BCUT2D eigenvalue weighted by atomic mass is 10.4. The summed E-state index contributed by atoms with van der Waals surface area (Å²) in [6.07, 6.45) is 2.37. The standard InChI is InChI=1S/C14H31NO5/c1-18-10-2-5-15(6-13-19-11-3-8-16)7-14-20-12-4-9-17/h16-17H,2-14H2,1H3. The maximum absolute atomic E-state index is 8.67. The average molecular weight is 293 g/mol. The fourth-order valence-corrected chi connectivity index (χ4v) is 1.69. The molecule has 0 aliphatic carbocycles. The van der Waals surface area contributed by atoms with Gasteiger partial charge in [0, 0.05) is 59.8 Å². The molecule has 2 N–H and O–H groups in total. The number of aliphatic hydroxyl groups excluding tert-OH is 2. The molecule has 6 heteroatoms. The van der Waals surface area contributed by atoms with E-state index in [1.165, 1.54) is 0 Å². The first-order chi connectivity index (χ1) is 9.85. The van der Waals surface area contributed by atoms with Crippen LogP contribution in [0.25, 0.3) is 0 Å². The predicted octanol–water partition coefficient (Wildman–Crippen LogP) is 0.123. The van der Waals surface area contributed by atoms with E-state index in [0.717, 1.165) is 32.7 Å². The van der Waals surface area contributed by atoms with Crippen LogP contribution in [0.1, 0.15) is 19.3 Å². The molecular formula is C14H31NO5. The number of methoxy groups -OCH3 is 1. The minimum atomic E-state index is 0.177. The van der Waals surface area contributed by atoms with E-state index in [4.69, 9.17) is 24.4 Å². The summed E-state index contributed by atoms with van der Waals surface area (Å²) in [7, 11) is 1.71. The third-order valence-electron chi connectivity index (χ3n) is 2.82. The number of nitrogens with zero attached hydrogens (tertiary/aromatic N) is 1. The van der Waals surface area contributed by atoms with Crippen molar-refractivity contribution in [2.24, 2.45) is 0 Å². The Kier molecular flexibility index (Phi) is 16.6. The van der Waals surface area contributed by atoms with E-state index < -0.39 is 0 Å². The second kappa shape index (κ2) is 16.8. The molecule has 0 unspecified atom stereocenters. The molecule has 122 valence electrons. The third kappa shape index (κ3) is 14.2. The molecule has 0 aliphatic rings. The second-order valence-corrected chi connectivity index (χ2v) is 4.57. The van der Waals surface area contributed by atoms with Gasteiger partial charge in [-0.25, -0.2) is 0 Å². The topological polar surface area (TPSA) is 71.4 Å². The Morgan fingerprint density at radius 1 is 0.700 bits per heavy atom. The van der Waals surface area contributed by atoms with Gasteiger partial charge in [0.2, 0.25) is 0 Å². The van der Waals surface area contributed by atoms with Gasteiger partial charge >= 0.3 is 0 Å².